The molecule has 0 unspecified atom stereocenters. The Labute approximate surface area is 208 Å². The highest BCUT2D eigenvalue weighted by Crippen LogP contribution is 2.28. The van der Waals surface area contributed by atoms with Crippen LogP contribution < -0.4 is 0 Å². The second kappa shape index (κ2) is 11.6. The van der Waals surface area contributed by atoms with E-state index < -0.39 is 12.2 Å². The van der Waals surface area contributed by atoms with Gasteiger partial charge in [0.05, 0.1) is 34.4 Å². The molecule has 186 valence electrons. The number of hydrogen-bond donors (Lipinski definition) is 0. The molecule has 0 aromatic heterocycles. The first-order valence-electron chi connectivity index (χ1n) is 11.2. The van der Waals surface area contributed by atoms with E-state index in [1.54, 1.807) is 23.6 Å². The van der Waals surface area contributed by atoms with Crippen molar-refractivity contribution < 1.29 is 28.7 Å². The highest BCUT2D eigenvalue weighted by molar-refractivity contribution is 6.42. The topological polar surface area (TPSA) is 99.7 Å². The number of rotatable bonds is 4. The number of amides is 4. The van der Waals surface area contributed by atoms with Gasteiger partial charge in [-0.1, -0.05) is 23.2 Å². The standard InChI is InChI=1S/C22H28Cl2N4O6/c1-3-33-21(31)27-9-5-25(6-10-27)19(29)15-13-17(23)18(24)14-16(15)20(30)26-7-11-28(12-8-26)22(32)34-4-2/h13-14H,3-12H2,1-2H3. The molecular formula is C22H28Cl2N4O6. The van der Waals surface area contributed by atoms with E-state index in [-0.39, 0.29) is 46.2 Å². The van der Waals surface area contributed by atoms with Gasteiger partial charge in [0.1, 0.15) is 0 Å². The molecule has 4 amide bonds. The third-order valence-electron chi connectivity index (χ3n) is 5.71. The maximum absolute atomic E-state index is 13.3. The molecule has 0 N–H and O–H groups in total. The summed E-state index contributed by atoms with van der Waals surface area (Å²) in [5, 5.41) is 0.331. The van der Waals surface area contributed by atoms with Crippen LogP contribution in [0.3, 0.4) is 0 Å². The van der Waals surface area contributed by atoms with Crippen molar-refractivity contribution in [3.05, 3.63) is 33.3 Å². The Morgan fingerprint density at radius 1 is 0.647 bits per heavy atom. The van der Waals surface area contributed by atoms with Crippen LogP contribution in [0.25, 0.3) is 0 Å². The summed E-state index contributed by atoms with van der Waals surface area (Å²) in [6.07, 6.45) is -0.830. The van der Waals surface area contributed by atoms with Crippen LogP contribution in [-0.4, -0.2) is 109 Å². The largest absolute Gasteiger partial charge is 0.450 e. The molecule has 1 aromatic rings. The van der Waals surface area contributed by atoms with Gasteiger partial charge in [0.2, 0.25) is 0 Å². The number of nitrogens with zero attached hydrogens (tertiary/aromatic N) is 4. The molecule has 2 aliphatic rings. The fourth-order valence-corrected chi connectivity index (χ4v) is 4.18. The molecule has 10 nitrogen and oxygen atoms in total. The lowest BCUT2D eigenvalue weighted by atomic mass is 10.0. The first-order chi connectivity index (χ1) is 16.3. The number of ether oxygens (including phenoxy) is 2. The molecule has 2 saturated heterocycles. The van der Waals surface area contributed by atoms with Gasteiger partial charge in [-0.2, -0.15) is 0 Å². The molecule has 0 atom stereocenters. The number of benzene rings is 1. The highest BCUT2D eigenvalue weighted by atomic mass is 35.5. The van der Waals surface area contributed by atoms with Gasteiger partial charge in [-0.3, -0.25) is 9.59 Å². The predicted molar refractivity (Wildman–Crippen MR) is 125 cm³/mol. The van der Waals surface area contributed by atoms with Crippen molar-refractivity contribution in [1.29, 1.82) is 0 Å². The van der Waals surface area contributed by atoms with E-state index >= 15 is 0 Å². The van der Waals surface area contributed by atoms with Crippen LogP contribution in [0.5, 0.6) is 0 Å². The van der Waals surface area contributed by atoms with Gasteiger partial charge in [-0.25, -0.2) is 9.59 Å². The van der Waals surface area contributed by atoms with E-state index in [4.69, 9.17) is 32.7 Å². The molecule has 2 heterocycles. The SMILES string of the molecule is CCOC(=O)N1CCN(C(=O)c2cc(Cl)c(Cl)cc2C(=O)N2CCN(C(=O)OCC)CC2)CC1. The van der Waals surface area contributed by atoms with Crippen LogP contribution in [0.1, 0.15) is 34.6 Å². The quantitative estimate of drug-likeness (QED) is 0.612. The van der Waals surface area contributed by atoms with E-state index in [9.17, 15) is 19.2 Å². The van der Waals surface area contributed by atoms with Gasteiger partial charge in [-0.05, 0) is 26.0 Å². The monoisotopic (exact) mass is 514 g/mol. The second-order valence-electron chi connectivity index (χ2n) is 7.77. The average Bonchev–Trinajstić information content (AvgIpc) is 2.85. The van der Waals surface area contributed by atoms with Gasteiger partial charge >= 0.3 is 12.2 Å². The zero-order chi connectivity index (χ0) is 24.8. The summed E-state index contributed by atoms with van der Waals surface area (Å²) in [4.78, 5) is 56.8. The van der Waals surface area contributed by atoms with Crippen LogP contribution in [0.2, 0.25) is 10.0 Å². The minimum Gasteiger partial charge on any atom is -0.450 e. The number of hydrogen-bond acceptors (Lipinski definition) is 6. The first kappa shape index (κ1) is 25.9. The molecule has 12 heteroatoms. The van der Waals surface area contributed by atoms with Gasteiger partial charge < -0.3 is 29.1 Å². The van der Waals surface area contributed by atoms with Gasteiger partial charge in [-0.15, -0.1) is 0 Å². The summed E-state index contributed by atoms with van der Waals surface area (Å²) in [6.45, 7) is 6.50. The van der Waals surface area contributed by atoms with Crippen molar-refractivity contribution in [3.8, 4) is 0 Å². The van der Waals surface area contributed by atoms with E-state index in [0.717, 1.165) is 0 Å². The van der Waals surface area contributed by atoms with Crippen molar-refractivity contribution in [2.24, 2.45) is 0 Å². The van der Waals surface area contributed by atoms with Crippen LogP contribution >= 0.6 is 23.2 Å². The zero-order valence-corrected chi connectivity index (χ0v) is 20.7. The Hall–Kier alpha value is -2.72. The van der Waals surface area contributed by atoms with Gasteiger partial charge in [0, 0.05) is 52.4 Å². The predicted octanol–water partition coefficient (Wildman–Crippen LogP) is 2.82. The van der Waals surface area contributed by atoms with Crippen LogP contribution in [0, 0.1) is 0 Å². The van der Waals surface area contributed by atoms with Crippen molar-refractivity contribution in [2.45, 2.75) is 13.8 Å². The van der Waals surface area contributed by atoms with Crippen molar-refractivity contribution in [2.75, 3.05) is 65.6 Å². The molecule has 1 aromatic carbocycles. The fourth-order valence-electron chi connectivity index (χ4n) is 3.86. The Morgan fingerprint density at radius 2 is 0.941 bits per heavy atom. The highest BCUT2D eigenvalue weighted by Gasteiger charge is 2.31. The number of halogens is 2. The number of carbonyl (C=O) groups excluding carboxylic acids is 4. The van der Waals surface area contributed by atoms with Crippen LogP contribution in [-0.2, 0) is 9.47 Å². The Balaban J connectivity index is 1.73. The van der Waals surface area contributed by atoms with Crippen molar-refractivity contribution >= 4 is 47.2 Å². The normalized spacial score (nSPS) is 16.4. The lowest BCUT2D eigenvalue weighted by molar-refractivity contribution is 0.0544. The van der Waals surface area contributed by atoms with E-state index in [1.165, 1.54) is 21.9 Å². The number of carbonyl (C=O) groups is 4. The zero-order valence-electron chi connectivity index (χ0n) is 19.2. The van der Waals surface area contributed by atoms with Gasteiger partial charge in [0.25, 0.3) is 11.8 Å². The van der Waals surface area contributed by atoms with Crippen LogP contribution in [0.15, 0.2) is 12.1 Å². The molecule has 0 aliphatic carbocycles. The first-order valence-corrected chi connectivity index (χ1v) is 11.9. The second-order valence-corrected chi connectivity index (χ2v) is 8.58. The maximum Gasteiger partial charge on any atom is 0.409 e. The third kappa shape index (κ3) is 5.85. The third-order valence-corrected chi connectivity index (χ3v) is 6.43. The average molecular weight is 515 g/mol. The summed E-state index contributed by atoms with van der Waals surface area (Å²) in [5.74, 6) is -0.730. The molecule has 3 rings (SSSR count). The summed E-state index contributed by atoms with van der Waals surface area (Å²) >= 11 is 12.4. The van der Waals surface area contributed by atoms with Gasteiger partial charge in [0.15, 0.2) is 0 Å². The molecule has 2 aliphatic heterocycles. The fraction of sp³-hybridized carbons (Fsp3) is 0.545. The van der Waals surface area contributed by atoms with Crippen LogP contribution in [0.4, 0.5) is 9.59 Å². The van der Waals surface area contributed by atoms with E-state index in [0.29, 0.717) is 52.4 Å². The lowest BCUT2D eigenvalue weighted by Crippen LogP contribution is -2.52. The summed E-state index contributed by atoms with van der Waals surface area (Å²) in [6, 6.07) is 2.82. The maximum atomic E-state index is 13.3. The summed E-state index contributed by atoms with van der Waals surface area (Å²) < 4.78 is 10.0. The summed E-state index contributed by atoms with van der Waals surface area (Å²) in [7, 11) is 0. The Kier molecular flexibility index (Phi) is 8.84. The molecular weight excluding hydrogens is 487 g/mol. The summed E-state index contributed by atoms with van der Waals surface area (Å²) in [5.41, 5.74) is 0.300. The van der Waals surface area contributed by atoms with Crippen molar-refractivity contribution in [1.82, 2.24) is 19.6 Å². The molecule has 2 fully saturated rings. The van der Waals surface area contributed by atoms with E-state index in [1.807, 2.05) is 0 Å². The molecule has 0 bridgehead atoms. The Morgan fingerprint density at radius 3 is 1.24 bits per heavy atom. The Bertz CT molecular complexity index is 869. The minimum absolute atomic E-state index is 0.150. The molecule has 0 spiro atoms. The molecule has 0 saturated carbocycles. The molecule has 34 heavy (non-hydrogen) atoms. The molecule has 0 radical (unpaired) electrons. The minimum atomic E-state index is -0.415. The lowest BCUT2D eigenvalue weighted by Gasteiger charge is -2.35. The van der Waals surface area contributed by atoms with E-state index in [2.05, 4.69) is 0 Å². The smallest absolute Gasteiger partial charge is 0.409 e. The number of piperazine rings is 2. The van der Waals surface area contributed by atoms with Crippen molar-refractivity contribution in [3.63, 3.8) is 0 Å².